The minimum absolute atomic E-state index is 0.0473. The van der Waals surface area contributed by atoms with E-state index in [-0.39, 0.29) is 23.6 Å². The van der Waals surface area contributed by atoms with Crippen LogP contribution in [0.15, 0.2) is 12.3 Å². The van der Waals surface area contributed by atoms with Crippen LogP contribution in [0.1, 0.15) is 55.1 Å². The van der Waals surface area contributed by atoms with Gasteiger partial charge in [-0.25, -0.2) is 0 Å². The Labute approximate surface area is 122 Å². The molecule has 1 rings (SSSR count). The number of hydrogen-bond acceptors (Lipinski definition) is 5. The third-order valence-electron chi connectivity index (χ3n) is 3.04. The van der Waals surface area contributed by atoms with Crippen molar-refractivity contribution in [3.8, 4) is 0 Å². The summed E-state index contributed by atoms with van der Waals surface area (Å²) >= 11 is 0. The summed E-state index contributed by atoms with van der Waals surface area (Å²) in [5.41, 5.74) is 0.115. The summed E-state index contributed by atoms with van der Waals surface area (Å²) in [7, 11) is 0. The lowest BCUT2D eigenvalue weighted by molar-refractivity contribution is -0.385. The van der Waals surface area contributed by atoms with Crippen molar-refractivity contribution in [1.29, 1.82) is 0 Å². The van der Waals surface area contributed by atoms with Crippen molar-refractivity contribution in [2.24, 2.45) is 0 Å². The Morgan fingerprint density at radius 2 is 2.05 bits per heavy atom. The van der Waals surface area contributed by atoms with Crippen LogP contribution in [-0.4, -0.2) is 21.7 Å². The predicted octanol–water partition coefficient (Wildman–Crippen LogP) is 2.53. The number of rotatable bonds is 7. The summed E-state index contributed by atoms with van der Waals surface area (Å²) < 4.78 is 0. The average molecular weight is 293 g/mol. The Hall–Kier alpha value is -2.31. The second kappa shape index (κ2) is 8.08. The topological polar surface area (TPSA) is 102 Å². The number of pyridine rings is 1. The van der Waals surface area contributed by atoms with Crippen LogP contribution < -0.4 is 5.32 Å². The monoisotopic (exact) mass is 293 g/mol. The molecule has 0 aliphatic carbocycles. The second-order valence-electron chi connectivity index (χ2n) is 4.77. The Balaban J connectivity index is 2.64. The standard InChI is InChI=1S/C14H19N3O4/c1-3-4-5-6-7-13(18)16-14(19)12-8-11(17(20)21)9-15-10(12)2/h8-9H,3-7H2,1-2H3,(H,16,18,19). The first-order chi connectivity index (χ1) is 9.95. The summed E-state index contributed by atoms with van der Waals surface area (Å²) in [6.07, 6.45) is 5.13. The number of imide groups is 1. The number of aromatic nitrogens is 1. The number of nitrogens with one attached hydrogen (secondary N) is 1. The van der Waals surface area contributed by atoms with E-state index in [1.165, 1.54) is 0 Å². The van der Waals surface area contributed by atoms with E-state index in [1.807, 2.05) is 0 Å². The van der Waals surface area contributed by atoms with E-state index in [1.54, 1.807) is 6.92 Å². The number of nitro groups is 1. The molecular formula is C14H19N3O4. The van der Waals surface area contributed by atoms with E-state index < -0.39 is 10.8 Å². The van der Waals surface area contributed by atoms with Gasteiger partial charge in [-0.2, -0.15) is 0 Å². The van der Waals surface area contributed by atoms with Crippen LogP contribution in [0.4, 0.5) is 5.69 Å². The minimum Gasteiger partial charge on any atom is -0.292 e. The van der Waals surface area contributed by atoms with Crippen molar-refractivity contribution in [1.82, 2.24) is 10.3 Å². The van der Waals surface area contributed by atoms with Gasteiger partial charge in [-0.15, -0.1) is 0 Å². The normalized spacial score (nSPS) is 10.2. The van der Waals surface area contributed by atoms with E-state index >= 15 is 0 Å². The molecule has 0 unspecified atom stereocenters. The minimum atomic E-state index is -0.649. The van der Waals surface area contributed by atoms with Crippen molar-refractivity contribution in [3.63, 3.8) is 0 Å². The van der Waals surface area contributed by atoms with E-state index in [0.717, 1.165) is 37.9 Å². The first-order valence-corrected chi connectivity index (χ1v) is 6.91. The number of aryl methyl sites for hydroxylation is 1. The maximum atomic E-state index is 11.9. The van der Waals surface area contributed by atoms with E-state index in [4.69, 9.17) is 0 Å². The zero-order valence-corrected chi connectivity index (χ0v) is 12.2. The van der Waals surface area contributed by atoms with Crippen molar-refractivity contribution >= 4 is 17.5 Å². The molecule has 1 N–H and O–H groups in total. The quantitative estimate of drug-likeness (QED) is 0.472. The number of hydrogen-bond donors (Lipinski definition) is 1. The van der Waals surface area contributed by atoms with Gasteiger partial charge in [0, 0.05) is 12.5 Å². The van der Waals surface area contributed by atoms with Crippen molar-refractivity contribution in [2.45, 2.75) is 46.0 Å². The molecule has 1 aromatic rings. The summed E-state index contributed by atoms with van der Waals surface area (Å²) in [6, 6.07) is 1.13. The largest absolute Gasteiger partial charge is 0.292 e. The Morgan fingerprint density at radius 1 is 1.33 bits per heavy atom. The molecule has 7 nitrogen and oxygen atoms in total. The number of carbonyl (C=O) groups is 2. The fourth-order valence-electron chi connectivity index (χ4n) is 1.82. The van der Waals surface area contributed by atoms with Crippen LogP contribution >= 0.6 is 0 Å². The number of unbranched alkanes of at least 4 members (excludes halogenated alkanes) is 3. The maximum absolute atomic E-state index is 11.9. The lowest BCUT2D eigenvalue weighted by Crippen LogP contribution is -2.31. The average Bonchev–Trinajstić information content (AvgIpc) is 2.43. The lowest BCUT2D eigenvalue weighted by atomic mass is 10.1. The smallest absolute Gasteiger partial charge is 0.288 e. The second-order valence-corrected chi connectivity index (χ2v) is 4.77. The number of carbonyl (C=O) groups excluding carboxylic acids is 2. The molecule has 0 saturated carbocycles. The van der Waals surface area contributed by atoms with Crippen LogP contribution in [0.5, 0.6) is 0 Å². The van der Waals surface area contributed by atoms with Gasteiger partial charge < -0.3 is 0 Å². The Bertz CT molecular complexity index is 543. The van der Waals surface area contributed by atoms with Crippen LogP contribution in [0.2, 0.25) is 0 Å². The zero-order valence-electron chi connectivity index (χ0n) is 12.2. The van der Waals surface area contributed by atoms with Gasteiger partial charge in [0.1, 0.15) is 6.20 Å². The molecule has 0 aliphatic rings. The first-order valence-electron chi connectivity index (χ1n) is 6.91. The molecule has 0 atom stereocenters. The van der Waals surface area contributed by atoms with Gasteiger partial charge in [0.2, 0.25) is 5.91 Å². The van der Waals surface area contributed by atoms with E-state index in [2.05, 4.69) is 17.2 Å². The van der Waals surface area contributed by atoms with Crippen LogP contribution in [0.3, 0.4) is 0 Å². The molecular weight excluding hydrogens is 274 g/mol. The molecule has 1 aromatic heterocycles. The first kappa shape index (κ1) is 16.7. The summed E-state index contributed by atoms with van der Waals surface area (Å²) in [5.74, 6) is -1.02. The van der Waals surface area contributed by atoms with Crippen molar-refractivity contribution in [3.05, 3.63) is 33.6 Å². The number of amides is 2. The summed E-state index contributed by atoms with van der Waals surface area (Å²) in [4.78, 5) is 37.4. The molecule has 21 heavy (non-hydrogen) atoms. The van der Waals surface area contributed by atoms with Gasteiger partial charge >= 0.3 is 0 Å². The highest BCUT2D eigenvalue weighted by molar-refractivity contribution is 6.05. The molecule has 114 valence electrons. The number of nitrogens with zero attached hydrogens (tertiary/aromatic N) is 2. The molecule has 0 aliphatic heterocycles. The van der Waals surface area contributed by atoms with E-state index in [0.29, 0.717) is 5.69 Å². The molecule has 0 aromatic carbocycles. The Morgan fingerprint density at radius 3 is 2.67 bits per heavy atom. The van der Waals surface area contributed by atoms with Gasteiger partial charge in [-0.1, -0.05) is 26.2 Å². The fraction of sp³-hybridized carbons (Fsp3) is 0.500. The summed E-state index contributed by atoms with van der Waals surface area (Å²) in [6.45, 7) is 3.63. The molecule has 2 amide bonds. The molecule has 0 radical (unpaired) electrons. The van der Waals surface area contributed by atoms with Crippen molar-refractivity contribution in [2.75, 3.05) is 0 Å². The van der Waals surface area contributed by atoms with E-state index in [9.17, 15) is 19.7 Å². The lowest BCUT2D eigenvalue weighted by Gasteiger charge is -2.06. The van der Waals surface area contributed by atoms with Gasteiger partial charge in [-0.05, 0) is 13.3 Å². The molecule has 0 saturated heterocycles. The van der Waals surface area contributed by atoms with Crippen LogP contribution in [0, 0.1) is 17.0 Å². The Kier molecular flexibility index (Phi) is 6.45. The fourth-order valence-corrected chi connectivity index (χ4v) is 1.82. The van der Waals surface area contributed by atoms with Crippen molar-refractivity contribution < 1.29 is 14.5 Å². The highest BCUT2D eigenvalue weighted by atomic mass is 16.6. The van der Waals surface area contributed by atoms with Gasteiger partial charge in [0.25, 0.3) is 11.6 Å². The molecule has 1 heterocycles. The van der Waals surface area contributed by atoms with Gasteiger partial charge in [0.15, 0.2) is 0 Å². The predicted molar refractivity (Wildman–Crippen MR) is 76.9 cm³/mol. The molecule has 0 spiro atoms. The van der Waals surface area contributed by atoms with Gasteiger partial charge in [0.05, 0.1) is 16.2 Å². The molecule has 0 fully saturated rings. The third-order valence-corrected chi connectivity index (χ3v) is 3.04. The molecule has 0 bridgehead atoms. The highest BCUT2D eigenvalue weighted by Crippen LogP contribution is 2.14. The van der Waals surface area contributed by atoms with Gasteiger partial charge in [-0.3, -0.25) is 30.0 Å². The maximum Gasteiger partial charge on any atom is 0.288 e. The molecule has 7 heteroatoms. The third kappa shape index (κ3) is 5.29. The SMILES string of the molecule is CCCCCCC(=O)NC(=O)c1cc([N+](=O)[O-])cnc1C. The van der Waals surface area contributed by atoms with Crippen LogP contribution in [-0.2, 0) is 4.79 Å². The van der Waals surface area contributed by atoms with Crippen LogP contribution in [0.25, 0.3) is 0 Å². The zero-order chi connectivity index (χ0) is 15.8. The highest BCUT2D eigenvalue weighted by Gasteiger charge is 2.17. The summed E-state index contributed by atoms with van der Waals surface area (Å²) in [5, 5.41) is 12.9.